The van der Waals surface area contributed by atoms with E-state index in [1.165, 1.54) is 0 Å². The molecule has 3 heteroatoms. The predicted octanol–water partition coefficient (Wildman–Crippen LogP) is 2.23. The quantitative estimate of drug-likeness (QED) is 0.779. The van der Waals surface area contributed by atoms with Gasteiger partial charge in [-0.05, 0) is 18.8 Å². The van der Waals surface area contributed by atoms with Crippen molar-refractivity contribution in [3.63, 3.8) is 0 Å². The first-order chi connectivity index (χ1) is 7.52. The summed E-state index contributed by atoms with van der Waals surface area (Å²) < 4.78 is 0. The highest BCUT2D eigenvalue weighted by atomic mass is 16.2. The summed E-state index contributed by atoms with van der Waals surface area (Å²) in [5.41, 5.74) is 0. The summed E-state index contributed by atoms with van der Waals surface area (Å²) in [6, 6.07) is 0.385. The van der Waals surface area contributed by atoms with Crippen molar-refractivity contribution in [3.8, 4) is 0 Å². The fourth-order valence-electron chi connectivity index (χ4n) is 2.21. The first-order valence-corrected chi connectivity index (χ1v) is 6.56. The van der Waals surface area contributed by atoms with Crippen molar-refractivity contribution >= 4 is 5.91 Å². The zero-order chi connectivity index (χ0) is 12.3. The minimum absolute atomic E-state index is 0.0384. The molecule has 1 saturated heterocycles. The Kier molecular flexibility index (Phi) is 4.78. The molecule has 1 aliphatic rings. The fourth-order valence-corrected chi connectivity index (χ4v) is 2.21. The predicted molar refractivity (Wildman–Crippen MR) is 67.0 cm³/mol. The molecule has 0 aromatic heterocycles. The molecule has 1 amide bonds. The molecule has 16 heavy (non-hydrogen) atoms. The lowest BCUT2D eigenvalue weighted by Crippen LogP contribution is -2.41. The third-order valence-corrected chi connectivity index (χ3v) is 4.20. The number of hydrogen-bond donors (Lipinski definition) is 1. The Hall–Kier alpha value is -0.570. The first kappa shape index (κ1) is 13.5. The number of nitrogens with zero attached hydrogens (tertiary/aromatic N) is 1. The molecule has 1 aliphatic heterocycles. The van der Waals surface area contributed by atoms with E-state index in [1.807, 2.05) is 4.90 Å². The molecule has 1 rings (SSSR count). The van der Waals surface area contributed by atoms with Crippen LogP contribution in [0, 0.1) is 11.8 Å². The van der Waals surface area contributed by atoms with Gasteiger partial charge in [0.05, 0.1) is 12.7 Å². The Bertz CT molecular complexity index is 242. The maximum atomic E-state index is 12.2. The van der Waals surface area contributed by atoms with Gasteiger partial charge in [0.2, 0.25) is 5.91 Å². The standard InChI is InChI=1S/C13H26N2O/c1-6-9(3)11(5)15-8-14-12(13(15)16)10(4)7-2/h9-12,14H,6-8H2,1-5H3. The van der Waals surface area contributed by atoms with Crippen LogP contribution in [0.3, 0.4) is 0 Å². The molecule has 0 bridgehead atoms. The average Bonchev–Trinajstić information content (AvgIpc) is 2.68. The monoisotopic (exact) mass is 226 g/mol. The third kappa shape index (κ3) is 2.57. The van der Waals surface area contributed by atoms with E-state index in [0.717, 1.165) is 19.5 Å². The molecular formula is C13H26N2O. The highest BCUT2D eigenvalue weighted by molar-refractivity contribution is 5.84. The Morgan fingerprint density at radius 3 is 2.44 bits per heavy atom. The van der Waals surface area contributed by atoms with Crippen LogP contribution in [0.2, 0.25) is 0 Å². The molecule has 1 fully saturated rings. The van der Waals surface area contributed by atoms with Gasteiger partial charge in [-0.25, -0.2) is 0 Å². The van der Waals surface area contributed by atoms with Gasteiger partial charge < -0.3 is 4.90 Å². The molecule has 0 saturated carbocycles. The Morgan fingerprint density at radius 1 is 1.31 bits per heavy atom. The Labute approximate surface area is 99.6 Å². The zero-order valence-electron chi connectivity index (χ0n) is 11.3. The van der Waals surface area contributed by atoms with Crippen LogP contribution in [-0.4, -0.2) is 29.6 Å². The second-order valence-corrected chi connectivity index (χ2v) is 5.16. The van der Waals surface area contributed by atoms with Gasteiger partial charge in [-0.15, -0.1) is 0 Å². The molecule has 0 aromatic rings. The van der Waals surface area contributed by atoms with Crippen molar-refractivity contribution in [2.75, 3.05) is 6.67 Å². The number of amides is 1. The molecule has 0 aliphatic carbocycles. The second kappa shape index (κ2) is 5.67. The van der Waals surface area contributed by atoms with Crippen LogP contribution in [0.5, 0.6) is 0 Å². The molecule has 0 aromatic carbocycles. The van der Waals surface area contributed by atoms with Crippen LogP contribution >= 0.6 is 0 Å². The number of carbonyl (C=O) groups excluding carboxylic acids is 1. The zero-order valence-corrected chi connectivity index (χ0v) is 11.3. The van der Waals surface area contributed by atoms with E-state index >= 15 is 0 Å². The van der Waals surface area contributed by atoms with E-state index in [2.05, 4.69) is 39.9 Å². The molecular weight excluding hydrogens is 200 g/mol. The minimum Gasteiger partial charge on any atom is -0.326 e. The van der Waals surface area contributed by atoms with E-state index in [9.17, 15) is 4.79 Å². The molecule has 0 radical (unpaired) electrons. The average molecular weight is 226 g/mol. The van der Waals surface area contributed by atoms with Gasteiger partial charge in [0.1, 0.15) is 0 Å². The van der Waals surface area contributed by atoms with Crippen LogP contribution < -0.4 is 5.32 Å². The summed E-state index contributed by atoms with van der Waals surface area (Å²) in [6.45, 7) is 11.6. The van der Waals surface area contributed by atoms with Crippen molar-refractivity contribution in [2.24, 2.45) is 11.8 Å². The summed E-state index contributed by atoms with van der Waals surface area (Å²) in [4.78, 5) is 14.2. The fraction of sp³-hybridized carbons (Fsp3) is 0.923. The smallest absolute Gasteiger partial charge is 0.241 e. The highest BCUT2D eigenvalue weighted by Gasteiger charge is 2.37. The number of nitrogens with one attached hydrogen (secondary N) is 1. The summed E-state index contributed by atoms with van der Waals surface area (Å²) in [6.07, 6.45) is 2.17. The van der Waals surface area contributed by atoms with Crippen LogP contribution in [0.1, 0.15) is 47.5 Å². The van der Waals surface area contributed by atoms with Gasteiger partial charge in [0.25, 0.3) is 0 Å². The van der Waals surface area contributed by atoms with E-state index in [-0.39, 0.29) is 6.04 Å². The molecule has 1 heterocycles. The van der Waals surface area contributed by atoms with Gasteiger partial charge in [0, 0.05) is 6.04 Å². The summed E-state index contributed by atoms with van der Waals surface area (Å²) in [7, 11) is 0. The van der Waals surface area contributed by atoms with Crippen molar-refractivity contribution in [1.29, 1.82) is 0 Å². The summed E-state index contributed by atoms with van der Waals surface area (Å²) in [5.74, 6) is 1.30. The molecule has 94 valence electrons. The van der Waals surface area contributed by atoms with Gasteiger partial charge in [-0.2, -0.15) is 0 Å². The van der Waals surface area contributed by atoms with Crippen molar-refractivity contribution in [2.45, 2.75) is 59.5 Å². The first-order valence-electron chi connectivity index (χ1n) is 6.56. The maximum Gasteiger partial charge on any atom is 0.241 e. The van der Waals surface area contributed by atoms with Gasteiger partial charge >= 0.3 is 0 Å². The van der Waals surface area contributed by atoms with Crippen LogP contribution in [0.25, 0.3) is 0 Å². The summed E-state index contributed by atoms with van der Waals surface area (Å²) >= 11 is 0. The molecule has 4 unspecified atom stereocenters. The lowest BCUT2D eigenvalue weighted by molar-refractivity contribution is -0.132. The second-order valence-electron chi connectivity index (χ2n) is 5.16. The van der Waals surface area contributed by atoms with Gasteiger partial charge in [-0.3, -0.25) is 10.1 Å². The lowest BCUT2D eigenvalue weighted by Gasteiger charge is -2.29. The highest BCUT2D eigenvalue weighted by Crippen LogP contribution is 2.21. The van der Waals surface area contributed by atoms with Crippen molar-refractivity contribution in [3.05, 3.63) is 0 Å². The molecule has 0 spiro atoms. The van der Waals surface area contributed by atoms with Crippen LogP contribution in [0.4, 0.5) is 0 Å². The van der Waals surface area contributed by atoms with Crippen molar-refractivity contribution < 1.29 is 4.79 Å². The Balaban J connectivity index is 2.63. The van der Waals surface area contributed by atoms with E-state index in [4.69, 9.17) is 0 Å². The molecule has 1 N–H and O–H groups in total. The number of hydrogen-bond acceptors (Lipinski definition) is 2. The SMILES string of the molecule is CCC(C)C1NCN(C(C)C(C)CC)C1=O. The van der Waals surface area contributed by atoms with E-state index in [0.29, 0.717) is 23.8 Å². The lowest BCUT2D eigenvalue weighted by atomic mass is 9.97. The molecule has 3 nitrogen and oxygen atoms in total. The van der Waals surface area contributed by atoms with E-state index in [1.54, 1.807) is 0 Å². The van der Waals surface area contributed by atoms with Crippen LogP contribution in [0.15, 0.2) is 0 Å². The van der Waals surface area contributed by atoms with E-state index < -0.39 is 0 Å². The third-order valence-electron chi connectivity index (χ3n) is 4.20. The van der Waals surface area contributed by atoms with Gasteiger partial charge in [-0.1, -0.05) is 40.5 Å². The van der Waals surface area contributed by atoms with Crippen LogP contribution in [-0.2, 0) is 4.79 Å². The molecule has 4 atom stereocenters. The topological polar surface area (TPSA) is 32.3 Å². The van der Waals surface area contributed by atoms with Crippen molar-refractivity contribution in [1.82, 2.24) is 10.2 Å². The number of rotatable bonds is 5. The maximum absolute atomic E-state index is 12.2. The van der Waals surface area contributed by atoms with Gasteiger partial charge in [0.15, 0.2) is 0 Å². The normalized spacial score (nSPS) is 26.9. The summed E-state index contributed by atoms with van der Waals surface area (Å²) in [5, 5.41) is 3.34. The number of carbonyl (C=O) groups is 1. The Morgan fingerprint density at radius 2 is 1.94 bits per heavy atom. The minimum atomic E-state index is 0.0384. The largest absolute Gasteiger partial charge is 0.326 e.